The monoisotopic (exact) mass is 388 g/mol. The summed E-state index contributed by atoms with van der Waals surface area (Å²) in [5.41, 5.74) is 2.21. The molecule has 0 atom stereocenters. The molecule has 0 fully saturated rings. The van der Waals surface area contributed by atoms with E-state index in [0.717, 1.165) is 10.9 Å². The molecule has 7 heteroatoms. The van der Waals surface area contributed by atoms with E-state index in [4.69, 9.17) is 27.6 Å². The third kappa shape index (κ3) is 3.26. The predicted molar refractivity (Wildman–Crippen MR) is 102 cm³/mol. The molecule has 0 aliphatic carbocycles. The molecule has 4 nitrogen and oxygen atoms in total. The Bertz CT molecular complexity index is 1050. The summed E-state index contributed by atoms with van der Waals surface area (Å²) in [5, 5.41) is 6.89. The van der Waals surface area contributed by atoms with Crippen molar-refractivity contribution in [2.24, 2.45) is 0 Å². The summed E-state index contributed by atoms with van der Waals surface area (Å²) in [5.74, 6) is -0.0984. The fourth-order valence-corrected chi connectivity index (χ4v) is 3.38. The van der Waals surface area contributed by atoms with E-state index in [-0.39, 0.29) is 11.7 Å². The topological polar surface area (TPSA) is 55.1 Å². The van der Waals surface area contributed by atoms with Crippen LogP contribution in [0.4, 0.5) is 5.13 Å². The number of nitrogens with one attached hydrogen (secondary N) is 1. The van der Waals surface area contributed by atoms with Crippen molar-refractivity contribution in [3.05, 3.63) is 69.7 Å². The van der Waals surface area contributed by atoms with E-state index in [1.165, 1.54) is 11.3 Å². The quantitative estimate of drug-likeness (QED) is 0.460. The van der Waals surface area contributed by atoms with Gasteiger partial charge in [-0.1, -0.05) is 47.5 Å². The van der Waals surface area contributed by atoms with Gasteiger partial charge in [0.2, 0.25) is 0 Å². The molecule has 1 N–H and O–H groups in total. The molecule has 0 radical (unpaired) electrons. The second-order valence-electron chi connectivity index (χ2n) is 5.27. The molecule has 0 spiro atoms. The van der Waals surface area contributed by atoms with Gasteiger partial charge in [0.1, 0.15) is 5.58 Å². The number of furan rings is 1. The van der Waals surface area contributed by atoms with Crippen LogP contribution < -0.4 is 5.32 Å². The maximum absolute atomic E-state index is 12.4. The van der Waals surface area contributed by atoms with Crippen molar-refractivity contribution in [1.82, 2.24) is 4.98 Å². The van der Waals surface area contributed by atoms with Crippen LogP contribution in [0.1, 0.15) is 10.6 Å². The van der Waals surface area contributed by atoms with Gasteiger partial charge in [0.05, 0.1) is 15.7 Å². The van der Waals surface area contributed by atoms with Crippen LogP contribution in [0.2, 0.25) is 10.0 Å². The largest absolute Gasteiger partial charge is 0.451 e. The van der Waals surface area contributed by atoms with Crippen molar-refractivity contribution < 1.29 is 9.21 Å². The fourth-order valence-electron chi connectivity index (χ4n) is 2.37. The van der Waals surface area contributed by atoms with Gasteiger partial charge in [-0.25, -0.2) is 4.98 Å². The van der Waals surface area contributed by atoms with Gasteiger partial charge in [-0.3, -0.25) is 10.1 Å². The third-order valence-corrected chi connectivity index (χ3v) is 5.09. The lowest BCUT2D eigenvalue weighted by Crippen LogP contribution is -2.10. The van der Waals surface area contributed by atoms with Crippen LogP contribution >= 0.6 is 34.5 Å². The summed E-state index contributed by atoms with van der Waals surface area (Å²) in [6.45, 7) is 0. The van der Waals surface area contributed by atoms with Gasteiger partial charge < -0.3 is 4.42 Å². The summed E-state index contributed by atoms with van der Waals surface area (Å²) in [7, 11) is 0. The van der Waals surface area contributed by atoms with Crippen LogP contribution in [0.5, 0.6) is 0 Å². The van der Waals surface area contributed by atoms with Crippen LogP contribution in [0, 0.1) is 0 Å². The second kappa shape index (κ2) is 6.52. The molecule has 124 valence electrons. The van der Waals surface area contributed by atoms with E-state index in [1.54, 1.807) is 18.2 Å². The Morgan fingerprint density at radius 3 is 2.72 bits per heavy atom. The smallest absolute Gasteiger partial charge is 0.293 e. The Balaban J connectivity index is 1.56. The number of carbonyl (C=O) groups excluding carboxylic acids is 1. The molecule has 2 aromatic carbocycles. The SMILES string of the molecule is O=C(Nc1nc(-c2ccc(Cl)c(Cl)c2)cs1)c1cc2ccccc2o1. The zero-order valence-electron chi connectivity index (χ0n) is 12.6. The van der Waals surface area contributed by atoms with Crippen molar-refractivity contribution in [3.8, 4) is 11.3 Å². The zero-order valence-corrected chi connectivity index (χ0v) is 15.0. The second-order valence-corrected chi connectivity index (χ2v) is 6.94. The van der Waals surface area contributed by atoms with Crippen LogP contribution in [0.25, 0.3) is 22.2 Å². The van der Waals surface area contributed by atoms with Gasteiger partial charge >= 0.3 is 0 Å². The molecular weight excluding hydrogens is 379 g/mol. The summed E-state index contributed by atoms with van der Waals surface area (Å²) in [6.07, 6.45) is 0. The van der Waals surface area contributed by atoms with Gasteiger partial charge in [-0.05, 0) is 24.3 Å². The zero-order chi connectivity index (χ0) is 17.4. The minimum atomic E-state index is -0.341. The van der Waals surface area contributed by atoms with Crippen molar-refractivity contribution in [2.45, 2.75) is 0 Å². The normalized spacial score (nSPS) is 11.0. The Kier molecular flexibility index (Phi) is 4.21. The number of halogens is 2. The lowest BCUT2D eigenvalue weighted by Gasteiger charge is -2.00. The molecule has 0 saturated carbocycles. The standard InChI is InChI=1S/C18H10Cl2N2O2S/c19-12-6-5-10(7-13(12)20)14-9-25-18(21-14)22-17(23)16-8-11-3-1-2-4-15(11)24-16/h1-9H,(H,21,22,23). The molecule has 0 aliphatic rings. The molecule has 0 aliphatic heterocycles. The number of para-hydroxylation sites is 1. The number of hydrogen-bond acceptors (Lipinski definition) is 4. The van der Waals surface area contributed by atoms with Crippen molar-refractivity contribution in [3.63, 3.8) is 0 Å². The van der Waals surface area contributed by atoms with E-state index in [9.17, 15) is 4.79 Å². The summed E-state index contributed by atoms with van der Waals surface area (Å²) >= 11 is 13.3. The first kappa shape index (κ1) is 16.1. The molecule has 0 unspecified atom stereocenters. The van der Waals surface area contributed by atoms with Gasteiger partial charge in [0, 0.05) is 16.3 Å². The first-order valence-electron chi connectivity index (χ1n) is 7.31. The van der Waals surface area contributed by atoms with Crippen molar-refractivity contribution in [2.75, 3.05) is 5.32 Å². The first-order chi connectivity index (χ1) is 12.1. The van der Waals surface area contributed by atoms with Crippen LogP contribution in [-0.4, -0.2) is 10.9 Å². The maximum Gasteiger partial charge on any atom is 0.293 e. The fraction of sp³-hybridized carbons (Fsp3) is 0. The van der Waals surface area contributed by atoms with Crippen LogP contribution in [0.15, 0.2) is 58.3 Å². The number of hydrogen-bond donors (Lipinski definition) is 1. The highest BCUT2D eigenvalue weighted by Gasteiger charge is 2.14. The minimum Gasteiger partial charge on any atom is -0.451 e. The number of amides is 1. The Morgan fingerprint density at radius 1 is 1.08 bits per heavy atom. The highest BCUT2D eigenvalue weighted by atomic mass is 35.5. The van der Waals surface area contributed by atoms with E-state index in [0.29, 0.717) is 26.5 Å². The number of carbonyl (C=O) groups is 1. The number of thiazole rings is 1. The summed E-state index contributed by atoms with van der Waals surface area (Å²) < 4.78 is 5.56. The number of anilines is 1. The molecule has 2 heterocycles. The molecule has 0 bridgehead atoms. The number of nitrogens with zero attached hydrogens (tertiary/aromatic N) is 1. The number of rotatable bonds is 3. The first-order valence-corrected chi connectivity index (χ1v) is 8.94. The Hall–Kier alpha value is -2.34. The summed E-state index contributed by atoms with van der Waals surface area (Å²) in [4.78, 5) is 16.8. The summed E-state index contributed by atoms with van der Waals surface area (Å²) in [6, 6.07) is 14.4. The molecule has 25 heavy (non-hydrogen) atoms. The van der Waals surface area contributed by atoms with E-state index >= 15 is 0 Å². The number of aromatic nitrogens is 1. The number of fused-ring (bicyclic) bond motifs is 1. The lowest BCUT2D eigenvalue weighted by atomic mass is 10.2. The predicted octanol–water partition coefficient (Wildman–Crippen LogP) is 6.12. The van der Waals surface area contributed by atoms with Gasteiger partial charge in [-0.15, -0.1) is 11.3 Å². The number of benzene rings is 2. The van der Waals surface area contributed by atoms with E-state index in [2.05, 4.69) is 10.3 Å². The van der Waals surface area contributed by atoms with E-state index < -0.39 is 0 Å². The van der Waals surface area contributed by atoms with Crippen LogP contribution in [0.3, 0.4) is 0 Å². The lowest BCUT2D eigenvalue weighted by molar-refractivity contribution is 0.0998. The van der Waals surface area contributed by atoms with Gasteiger partial charge in [-0.2, -0.15) is 0 Å². The molecule has 4 rings (SSSR count). The van der Waals surface area contributed by atoms with Gasteiger partial charge in [0.25, 0.3) is 5.91 Å². The molecule has 4 aromatic rings. The van der Waals surface area contributed by atoms with Crippen molar-refractivity contribution in [1.29, 1.82) is 0 Å². The average Bonchev–Trinajstić information content (AvgIpc) is 3.24. The third-order valence-electron chi connectivity index (χ3n) is 3.59. The van der Waals surface area contributed by atoms with Gasteiger partial charge in [0.15, 0.2) is 10.9 Å². The Labute approximate surface area is 157 Å². The minimum absolute atomic E-state index is 0.243. The maximum atomic E-state index is 12.4. The van der Waals surface area contributed by atoms with Crippen molar-refractivity contribution >= 4 is 56.5 Å². The highest BCUT2D eigenvalue weighted by Crippen LogP contribution is 2.30. The molecule has 0 saturated heterocycles. The van der Waals surface area contributed by atoms with E-state index in [1.807, 2.05) is 35.7 Å². The molecular formula is C18H10Cl2N2O2S. The Morgan fingerprint density at radius 2 is 1.92 bits per heavy atom. The van der Waals surface area contributed by atoms with Crippen LogP contribution in [-0.2, 0) is 0 Å². The molecule has 1 amide bonds. The highest BCUT2D eigenvalue weighted by molar-refractivity contribution is 7.14. The average molecular weight is 389 g/mol. The molecule has 2 aromatic heterocycles.